The molecule has 1 aromatic rings. The summed E-state index contributed by atoms with van der Waals surface area (Å²) in [5, 5.41) is 13.3. The van der Waals surface area contributed by atoms with Crippen LogP contribution >= 0.6 is 11.6 Å². The minimum atomic E-state index is -0.588. The molecule has 98 valence electrons. The molecule has 0 aliphatic carbocycles. The second-order valence-electron chi connectivity index (χ2n) is 3.53. The van der Waals surface area contributed by atoms with Crippen molar-refractivity contribution < 1.29 is 9.72 Å². The van der Waals surface area contributed by atoms with E-state index in [9.17, 15) is 14.9 Å². The number of hydrogen-bond donors (Lipinski definition) is 1. The lowest BCUT2D eigenvalue weighted by atomic mass is 10.3. The van der Waals surface area contributed by atoms with E-state index in [0.29, 0.717) is 18.8 Å². The Morgan fingerprint density at radius 1 is 1.44 bits per heavy atom. The third kappa shape index (κ3) is 3.33. The summed E-state index contributed by atoms with van der Waals surface area (Å²) in [5.74, 6) is 0. The van der Waals surface area contributed by atoms with Crippen LogP contribution < -0.4 is 5.32 Å². The highest BCUT2D eigenvalue weighted by Gasteiger charge is 2.15. The van der Waals surface area contributed by atoms with Crippen LogP contribution in [0.25, 0.3) is 0 Å². The van der Waals surface area contributed by atoms with E-state index >= 15 is 0 Å². The van der Waals surface area contributed by atoms with Crippen LogP contribution in [0.4, 0.5) is 16.2 Å². The van der Waals surface area contributed by atoms with E-state index in [1.165, 1.54) is 18.2 Å². The molecule has 0 fully saturated rings. The number of hydrogen-bond acceptors (Lipinski definition) is 3. The van der Waals surface area contributed by atoms with Gasteiger partial charge in [-0.05, 0) is 26.0 Å². The molecular formula is C11H14ClN3O3. The first kappa shape index (κ1) is 14.2. The molecule has 2 amide bonds. The molecule has 0 aliphatic heterocycles. The van der Waals surface area contributed by atoms with Crippen LogP contribution in [-0.4, -0.2) is 28.9 Å². The van der Waals surface area contributed by atoms with Gasteiger partial charge < -0.3 is 10.2 Å². The predicted octanol–water partition coefficient (Wildman–Crippen LogP) is 3.12. The minimum Gasteiger partial charge on any atom is -0.325 e. The third-order valence-electron chi connectivity index (χ3n) is 2.44. The highest BCUT2D eigenvalue weighted by atomic mass is 35.5. The molecule has 0 spiro atoms. The summed E-state index contributed by atoms with van der Waals surface area (Å²) < 4.78 is 0. The van der Waals surface area contributed by atoms with Gasteiger partial charge in [0.15, 0.2) is 0 Å². The number of nitrogens with zero attached hydrogens (tertiary/aromatic N) is 2. The summed E-state index contributed by atoms with van der Waals surface area (Å²) in [4.78, 5) is 23.4. The van der Waals surface area contributed by atoms with E-state index in [1.54, 1.807) is 4.90 Å². The number of carbonyl (C=O) groups excluding carboxylic acids is 1. The van der Waals surface area contributed by atoms with Gasteiger partial charge in [-0.25, -0.2) is 4.79 Å². The van der Waals surface area contributed by atoms with Crippen LogP contribution in [0.2, 0.25) is 5.02 Å². The topological polar surface area (TPSA) is 75.5 Å². The summed E-state index contributed by atoms with van der Waals surface area (Å²) in [6, 6.07) is 3.86. The van der Waals surface area contributed by atoms with Gasteiger partial charge in [0, 0.05) is 24.8 Å². The highest BCUT2D eigenvalue weighted by molar-refractivity contribution is 6.32. The SMILES string of the molecule is CCN(CC)C(=O)Nc1ccc(Cl)c([N+](=O)[O-])c1. The fourth-order valence-corrected chi connectivity index (χ4v) is 1.63. The van der Waals surface area contributed by atoms with Crippen molar-refractivity contribution in [3.63, 3.8) is 0 Å². The molecule has 0 heterocycles. The van der Waals surface area contributed by atoms with Crippen LogP contribution in [0.5, 0.6) is 0 Å². The molecule has 0 unspecified atom stereocenters. The maximum atomic E-state index is 11.8. The molecule has 0 aliphatic rings. The molecule has 0 saturated carbocycles. The van der Waals surface area contributed by atoms with Gasteiger partial charge in [-0.1, -0.05) is 11.6 Å². The zero-order valence-corrected chi connectivity index (χ0v) is 10.9. The molecule has 0 atom stereocenters. The van der Waals surface area contributed by atoms with E-state index in [-0.39, 0.29) is 16.7 Å². The van der Waals surface area contributed by atoms with Gasteiger partial charge in [0.1, 0.15) is 5.02 Å². The van der Waals surface area contributed by atoms with Crippen molar-refractivity contribution in [3.05, 3.63) is 33.3 Å². The fourth-order valence-electron chi connectivity index (χ4n) is 1.44. The lowest BCUT2D eigenvalue weighted by molar-refractivity contribution is -0.384. The van der Waals surface area contributed by atoms with Gasteiger partial charge >= 0.3 is 6.03 Å². The summed E-state index contributed by atoms with van der Waals surface area (Å²) in [7, 11) is 0. The first-order valence-electron chi connectivity index (χ1n) is 5.49. The predicted molar refractivity (Wildman–Crippen MR) is 70.0 cm³/mol. The largest absolute Gasteiger partial charge is 0.325 e. The van der Waals surface area contributed by atoms with E-state index < -0.39 is 4.92 Å². The fraction of sp³-hybridized carbons (Fsp3) is 0.364. The van der Waals surface area contributed by atoms with Crippen molar-refractivity contribution in [2.24, 2.45) is 0 Å². The minimum absolute atomic E-state index is 0.0424. The molecule has 0 bridgehead atoms. The van der Waals surface area contributed by atoms with Crippen molar-refractivity contribution in [3.8, 4) is 0 Å². The standard InChI is InChI=1S/C11H14ClN3O3/c1-3-14(4-2)11(16)13-8-5-6-9(12)10(7-8)15(17)18/h5-7H,3-4H2,1-2H3,(H,13,16). The molecule has 0 aromatic heterocycles. The number of amides is 2. The Bertz CT molecular complexity index is 461. The van der Waals surface area contributed by atoms with Crippen LogP contribution in [-0.2, 0) is 0 Å². The van der Waals surface area contributed by atoms with Crippen LogP contribution in [0.15, 0.2) is 18.2 Å². The summed E-state index contributed by atoms with van der Waals surface area (Å²) >= 11 is 5.68. The normalized spacial score (nSPS) is 9.94. The third-order valence-corrected chi connectivity index (χ3v) is 2.76. The van der Waals surface area contributed by atoms with Gasteiger partial charge in [-0.15, -0.1) is 0 Å². The number of nitro benzene ring substituents is 1. The Kier molecular flexibility index (Phi) is 4.91. The van der Waals surface area contributed by atoms with Crippen LogP contribution in [0, 0.1) is 10.1 Å². The lowest BCUT2D eigenvalue weighted by Crippen LogP contribution is -2.34. The first-order chi connectivity index (χ1) is 8.49. The monoisotopic (exact) mass is 271 g/mol. The molecule has 6 nitrogen and oxygen atoms in total. The van der Waals surface area contributed by atoms with Gasteiger partial charge in [-0.2, -0.15) is 0 Å². The molecule has 18 heavy (non-hydrogen) atoms. The molecule has 0 saturated heterocycles. The molecule has 1 rings (SSSR count). The number of urea groups is 1. The highest BCUT2D eigenvalue weighted by Crippen LogP contribution is 2.27. The second kappa shape index (κ2) is 6.20. The molecule has 0 radical (unpaired) electrons. The molecule has 1 N–H and O–H groups in total. The van der Waals surface area contributed by atoms with Crippen molar-refractivity contribution >= 4 is 29.0 Å². The van der Waals surface area contributed by atoms with Crippen molar-refractivity contribution in [1.82, 2.24) is 4.90 Å². The van der Waals surface area contributed by atoms with E-state index in [0.717, 1.165) is 0 Å². The van der Waals surface area contributed by atoms with Crippen LogP contribution in [0.1, 0.15) is 13.8 Å². The number of rotatable bonds is 4. The average molecular weight is 272 g/mol. The van der Waals surface area contributed by atoms with E-state index in [4.69, 9.17) is 11.6 Å². The molecule has 7 heteroatoms. The molecular weight excluding hydrogens is 258 g/mol. The summed E-state index contributed by atoms with van der Waals surface area (Å²) in [6.07, 6.45) is 0. The number of halogens is 1. The zero-order chi connectivity index (χ0) is 13.7. The number of nitrogens with one attached hydrogen (secondary N) is 1. The Morgan fingerprint density at radius 2 is 2.06 bits per heavy atom. The van der Waals surface area contributed by atoms with Crippen molar-refractivity contribution in [1.29, 1.82) is 0 Å². The summed E-state index contributed by atoms with van der Waals surface area (Å²) in [5.41, 5.74) is 0.122. The molecule has 1 aromatic carbocycles. The second-order valence-corrected chi connectivity index (χ2v) is 3.93. The number of benzene rings is 1. The van der Waals surface area contributed by atoms with E-state index in [1.807, 2.05) is 13.8 Å². The van der Waals surface area contributed by atoms with Gasteiger partial charge in [0.05, 0.1) is 4.92 Å². The van der Waals surface area contributed by atoms with Gasteiger partial charge in [0.2, 0.25) is 0 Å². The number of carbonyl (C=O) groups is 1. The maximum Gasteiger partial charge on any atom is 0.321 e. The number of anilines is 1. The number of nitro groups is 1. The Labute approximate surface area is 110 Å². The Balaban J connectivity index is 2.89. The zero-order valence-electron chi connectivity index (χ0n) is 10.1. The van der Waals surface area contributed by atoms with E-state index in [2.05, 4.69) is 5.32 Å². The van der Waals surface area contributed by atoms with Gasteiger partial charge in [-0.3, -0.25) is 10.1 Å². The first-order valence-corrected chi connectivity index (χ1v) is 5.87. The smallest absolute Gasteiger partial charge is 0.321 e. The Morgan fingerprint density at radius 3 is 2.56 bits per heavy atom. The van der Waals surface area contributed by atoms with Gasteiger partial charge in [0.25, 0.3) is 5.69 Å². The quantitative estimate of drug-likeness (QED) is 0.675. The van der Waals surface area contributed by atoms with Crippen molar-refractivity contribution in [2.75, 3.05) is 18.4 Å². The Hall–Kier alpha value is -1.82. The van der Waals surface area contributed by atoms with Crippen molar-refractivity contribution in [2.45, 2.75) is 13.8 Å². The lowest BCUT2D eigenvalue weighted by Gasteiger charge is -2.19. The average Bonchev–Trinajstić information content (AvgIpc) is 2.32. The summed E-state index contributed by atoms with van der Waals surface area (Å²) in [6.45, 7) is 4.84. The van der Waals surface area contributed by atoms with Crippen LogP contribution in [0.3, 0.4) is 0 Å². The maximum absolute atomic E-state index is 11.8.